The minimum absolute atomic E-state index is 0.107. The van der Waals surface area contributed by atoms with Crippen molar-refractivity contribution in [3.8, 4) is 5.75 Å². The molecule has 0 bridgehead atoms. The molecule has 4 atom stereocenters. The fourth-order valence-electron chi connectivity index (χ4n) is 5.89. The summed E-state index contributed by atoms with van der Waals surface area (Å²) in [5.74, 6) is 0.115. The number of amides is 3. The molecular formula is C24H34F3N3O4. The second-order valence-corrected chi connectivity index (χ2v) is 9.73. The van der Waals surface area contributed by atoms with Crippen molar-refractivity contribution in [2.45, 2.75) is 81.6 Å². The first-order chi connectivity index (χ1) is 15.7. The number of aliphatic hydroxyl groups is 1. The zero-order valence-electron chi connectivity index (χ0n) is 20.3. The fourth-order valence-corrected chi connectivity index (χ4v) is 5.89. The van der Waals surface area contributed by atoms with Crippen LogP contribution in [0.4, 0.5) is 18.0 Å². The molecule has 2 aliphatic rings. The maximum atomic E-state index is 12.9. The number of aryl methyl sites for hydroxylation is 1. The quantitative estimate of drug-likeness (QED) is 0.515. The summed E-state index contributed by atoms with van der Waals surface area (Å²) in [4.78, 5) is 26.5. The second kappa shape index (κ2) is 9.03. The van der Waals surface area contributed by atoms with Crippen LogP contribution in [-0.2, 0) is 10.2 Å². The third-order valence-corrected chi connectivity index (χ3v) is 8.04. The van der Waals surface area contributed by atoms with Gasteiger partial charge in [0.25, 0.3) is 5.91 Å². The number of ether oxygens (including phenoxy) is 1. The first-order valence-corrected chi connectivity index (χ1v) is 11.5. The minimum Gasteiger partial charge on any atom is -0.497 e. The molecule has 1 aromatic carbocycles. The van der Waals surface area contributed by atoms with Crippen LogP contribution in [0.2, 0.25) is 0 Å². The second-order valence-electron chi connectivity index (χ2n) is 9.73. The zero-order valence-corrected chi connectivity index (χ0v) is 20.3. The number of rotatable bonds is 7. The van der Waals surface area contributed by atoms with Gasteiger partial charge in [-0.25, -0.2) is 4.79 Å². The number of imide groups is 1. The lowest BCUT2D eigenvalue weighted by molar-refractivity contribution is -0.159. The number of hydrogen-bond acceptors (Lipinski definition) is 5. The molecule has 7 nitrogen and oxygen atoms in total. The predicted octanol–water partition coefficient (Wildman–Crippen LogP) is 3.42. The largest absolute Gasteiger partial charge is 0.497 e. The number of hydrogen-bond donors (Lipinski definition) is 3. The van der Waals surface area contributed by atoms with Crippen molar-refractivity contribution in [3.05, 3.63) is 29.3 Å². The first kappa shape index (κ1) is 26.3. The van der Waals surface area contributed by atoms with Crippen LogP contribution < -0.4 is 15.4 Å². The Morgan fingerprint density at radius 3 is 2.47 bits per heavy atom. The Balaban J connectivity index is 2.14. The van der Waals surface area contributed by atoms with Gasteiger partial charge in [-0.15, -0.1) is 0 Å². The van der Waals surface area contributed by atoms with Crippen molar-refractivity contribution in [2.24, 2.45) is 0 Å². The summed E-state index contributed by atoms with van der Waals surface area (Å²) < 4.78 is 44.2. The number of urea groups is 1. The van der Waals surface area contributed by atoms with Crippen LogP contribution in [0.1, 0.15) is 57.1 Å². The van der Waals surface area contributed by atoms with Crippen LogP contribution in [0.15, 0.2) is 18.2 Å². The summed E-state index contributed by atoms with van der Waals surface area (Å²) in [6.45, 7) is 5.23. The van der Waals surface area contributed by atoms with E-state index >= 15 is 0 Å². The summed E-state index contributed by atoms with van der Waals surface area (Å²) in [6, 6.07) is 4.22. The topological polar surface area (TPSA) is 90.9 Å². The van der Waals surface area contributed by atoms with Crippen LogP contribution in [0.25, 0.3) is 0 Å². The van der Waals surface area contributed by atoms with Crippen LogP contribution in [0, 0.1) is 6.92 Å². The van der Waals surface area contributed by atoms with Crippen LogP contribution in [0.3, 0.4) is 0 Å². The SMILES string of the molecule is CCC1(c2cc(OC)ccc2C)CC2(CCC1(O)C(C)N(C)CCC(F)(F)F)NC(=O)NC2=O. The van der Waals surface area contributed by atoms with Crippen molar-refractivity contribution < 1.29 is 32.6 Å². The van der Waals surface area contributed by atoms with E-state index in [1.165, 1.54) is 12.0 Å². The molecule has 1 saturated heterocycles. The van der Waals surface area contributed by atoms with E-state index in [1.807, 2.05) is 26.0 Å². The Hall–Kier alpha value is -2.33. The van der Waals surface area contributed by atoms with Crippen molar-refractivity contribution >= 4 is 11.9 Å². The highest BCUT2D eigenvalue weighted by atomic mass is 19.4. The lowest BCUT2D eigenvalue weighted by atomic mass is 9.51. The normalized spacial score (nSPS) is 30.4. The van der Waals surface area contributed by atoms with E-state index in [4.69, 9.17) is 4.74 Å². The van der Waals surface area contributed by atoms with Gasteiger partial charge in [0.1, 0.15) is 11.3 Å². The number of nitrogens with zero attached hydrogens (tertiary/aromatic N) is 1. The number of nitrogens with one attached hydrogen (secondary N) is 2. The molecule has 1 saturated carbocycles. The van der Waals surface area contributed by atoms with Gasteiger partial charge in [-0.05, 0) is 69.8 Å². The van der Waals surface area contributed by atoms with E-state index in [-0.39, 0.29) is 25.8 Å². The maximum absolute atomic E-state index is 12.9. The van der Waals surface area contributed by atoms with E-state index in [1.54, 1.807) is 20.0 Å². The van der Waals surface area contributed by atoms with E-state index in [9.17, 15) is 27.9 Å². The standard InChI is InChI=1S/C24H34F3N3O4/c1-6-21(18-13-17(34-5)8-7-15(18)2)14-22(19(31)28-20(32)29-22)9-10-23(21,33)16(3)30(4)12-11-24(25,26)27/h7-8,13,16,33H,6,9-12,14H2,1-5H3,(H2,28,29,31,32). The van der Waals surface area contributed by atoms with Gasteiger partial charge in [0.15, 0.2) is 0 Å². The third-order valence-electron chi connectivity index (χ3n) is 8.04. The molecule has 10 heteroatoms. The number of likely N-dealkylation sites (N-methyl/N-ethyl adjacent to an activating group) is 1. The molecule has 1 aliphatic carbocycles. The maximum Gasteiger partial charge on any atom is 0.390 e. The fraction of sp³-hybridized carbons (Fsp3) is 0.667. The number of carbonyl (C=O) groups is 2. The average molecular weight is 486 g/mol. The molecule has 0 radical (unpaired) electrons. The smallest absolute Gasteiger partial charge is 0.390 e. The van der Waals surface area contributed by atoms with Crippen LogP contribution in [0.5, 0.6) is 5.75 Å². The van der Waals surface area contributed by atoms with Crippen LogP contribution in [-0.4, -0.2) is 66.0 Å². The van der Waals surface area contributed by atoms with Crippen LogP contribution >= 0.6 is 0 Å². The molecule has 1 aliphatic heterocycles. The predicted molar refractivity (Wildman–Crippen MR) is 121 cm³/mol. The summed E-state index contributed by atoms with van der Waals surface area (Å²) in [5.41, 5.74) is -2.14. The zero-order chi connectivity index (χ0) is 25.5. The van der Waals surface area contributed by atoms with Gasteiger partial charge in [0.2, 0.25) is 0 Å². The van der Waals surface area contributed by atoms with Crippen molar-refractivity contribution in [1.29, 1.82) is 0 Å². The first-order valence-electron chi connectivity index (χ1n) is 11.5. The molecule has 0 aromatic heterocycles. The van der Waals surface area contributed by atoms with Gasteiger partial charge in [-0.2, -0.15) is 13.2 Å². The van der Waals surface area contributed by atoms with Crippen molar-refractivity contribution in [2.75, 3.05) is 20.7 Å². The molecule has 3 rings (SSSR count). The number of benzene rings is 1. The minimum atomic E-state index is -4.31. The highest BCUT2D eigenvalue weighted by Crippen LogP contribution is 2.55. The Morgan fingerprint density at radius 1 is 1.26 bits per heavy atom. The lowest BCUT2D eigenvalue weighted by Crippen LogP contribution is -2.70. The molecule has 1 aromatic rings. The van der Waals surface area contributed by atoms with Gasteiger partial charge < -0.3 is 20.1 Å². The third kappa shape index (κ3) is 4.37. The summed E-state index contributed by atoms with van der Waals surface area (Å²) in [7, 11) is 3.10. The highest BCUT2D eigenvalue weighted by Gasteiger charge is 2.64. The molecule has 3 N–H and O–H groups in total. The summed E-state index contributed by atoms with van der Waals surface area (Å²) in [5, 5.41) is 17.5. The van der Waals surface area contributed by atoms with Gasteiger partial charge >= 0.3 is 12.2 Å². The van der Waals surface area contributed by atoms with E-state index in [2.05, 4.69) is 10.6 Å². The molecule has 2 fully saturated rings. The van der Waals surface area contributed by atoms with E-state index < -0.39 is 47.1 Å². The van der Waals surface area contributed by atoms with Crippen molar-refractivity contribution in [1.82, 2.24) is 15.5 Å². The molecular weight excluding hydrogens is 451 g/mol. The van der Waals surface area contributed by atoms with Gasteiger partial charge in [0, 0.05) is 18.0 Å². The van der Waals surface area contributed by atoms with Crippen molar-refractivity contribution in [3.63, 3.8) is 0 Å². The number of carbonyl (C=O) groups excluding carboxylic acids is 2. The number of alkyl halides is 3. The summed E-state index contributed by atoms with van der Waals surface area (Å²) >= 11 is 0. The Morgan fingerprint density at radius 2 is 1.94 bits per heavy atom. The molecule has 1 heterocycles. The number of methoxy groups -OCH3 is 1. The monoisotopic (exact) mass is 485 g/mol. The Labute approximate surface area is 198 Å². The van der Waals surface area contributed by atoms with Gasteiger partial charge in [-0.1, -0.05) is 13.0 Å². The summed E-state index contributed by atoms with van der Waals surface area (Å²) in [6.07, 6.45) is -4.53. The molecule has 1 spiro atoms. The Kier molecular flexibility index (Phi) is 6.98. The molecule has 190 valence electrons. The highest BCUT2D eigenvalue weighted by molar-refractivity contribution is 6.07. The lowest BCUT2D eigenvalue weighted by Gasteiger charge is -2.59. The molecule has 34 heavy (non-hydrogen) atoms. The van der Waals surface area contributed by atoms with Gasteiger partial charge in [0.05, 0.1) is 19.1 Å². The molecule has 4 unspecified atom stereocenters. The average Bonchev–Trinajstić information content (AvgIpc) is 3.05. The van der Waals surface area contributed by atoms with Gasteiger partial charge in [-0.3, -0.25) is 10.1 Å². The molecule has 3 amide bonds. The van der Waals surface area contributed by atoms with E-state index in [0.29, 0.717) is 12.2 Å². The van der Waals surface area contributed by atoms with E-state index in [0.717, 1.165) is 11.1 Å². The number of halogens is 3. The Bertz CT molecular complexity index is 956.